The van der Waals surface area contributed by atoms with Gasteiger partial charge in [-0.2, -0.15) is 0 Å². The Balaban J connectivity index is 1.98. The molecule has 106 valence electrons. The van der Waals surface area contributed by atoms with Crippen LogP contribution in [0.15, 0.2) is 6.33 Å². The van der Waals surface area contributed by atoms with Crippen LogP contribution in [0, 0.1) is 11.7 Å². The molecule has 0 aliphatic heterocycles. The molecule has 1 aliphatic rings. The van der Waals surface area contributed by atoms with Crippen molar-refractivity contribution in [1.29, 1.82) is 0 Å². The Labute approximate surface area is 114 Å². The minimum absolute atomic E-state index is 0.146. The van der Waals surface area contributed by atoms with E-state index in [-0.39, 0.29) is 18.3 Å². The third kappa shape index (κ3) is 3.50. The van der Waals surface area contributed by atoms with Crippen molar-refractivity contribution in [3.05, 3.63) is 23.5 Å². The molecule has 19 heavy (non-hydrogen) atoms. The van der Waals surface area contributed by atoms with E-state index < -0.39 is 0 Å². The number of hydrogen-bond donors (Lipinski definition) is 1. The van der Waals surface area contributed by atoms with Crippen molar-refractivity contribution >= 4 is 0 Å². The second-order valence-corrected chi connectivity index (χ2v) is 5.58. The summed E-state index contributed by atoms with van der Waals surface area (Å²) >= 11 is 0. The summed E-state index contributed by atoms with van der Waals surface area (Å²) in [6.07, 6.45) is 9.85. The van der Waals surface area contributed by atoms with E-state index in [4.69, 9.17) is 5.73 Å². The van der Waals surface area contributed by atoms with Crippen LogP contribution < -0.4 is 5.73 Å². The molecule has 0 spiro atoms. The van der Waals surface area contributed by atoms with E-state index in [9.17, 15) is 4.39 Å². The minimum Gasteiger partial charge on any atom is -0.325 e. The first-order valence-corrected chi connectivity index (χ1v) is 7.45. The average molecular weight is 265 g/mol. The molecule has 0 saturated heterocycles. The molecule has 0 bridgehead atoms. The molecule has 2 N–H and O–H groups in total. The van der Waals surface area contributed by atoms with Gasteiger partial charge in [-0.05, 0) is 31.6 Å². The lowest BCUT2D eigenvalue weighted by molar-refractivity contribution is 0.296. The summed E-state index contributed by atoms with van der Waals surface area (Å²) in [5.41, 5.74) is 6.43. The molecular weight excluding hydrogens is 241 g/mol. The molecule has 0 aromatic carbocycles. The number of nitrogens with two attached hydrogens (primary N) is 1. The summed E-state index contributed by atoms with van der Waals surface area (Å²) in [4.78, 5) is 8.05. The predicted octanol–water partition coefficient (Wildman–Crippen LogP) is 3.54. The Morgan fingerprint density at radius 1 is 1.26 bits per heavy atom. The number of aromatic nitrogens is 2. The quantitative estimate of drug-likeness (QED) is 0.886. The van der Waals surface area contributed by atoms with E-state index in [2.05, 4.69) is 16.9 Å². The van der Waals surface area contributed by atoms with Crippen molar-refractivity contribution < 1.29 is 4.39 Å². The normalized spacial score (nSPS) is 23.5. The summed E-state index contributed by atoms with van der Waals surface area (Å²) in [6.45, 7) is 2.38. The summed E-state index contributed by atoms with van der Waals surface area (Å²) in [6, 6.07) is 0. The van der Waals surface area contributed by atoms with Crippen LogP contribution in [0.5, 0.6) is 0 Å². The zero-order valence-corrected chi connectivity index (χ0v) is 11.7. The Hall–Kier alpha value is -1.03. The fraction of sp³-hybridized carbons (Fsp3) is 0.733. The zero-order valence-electron chi connectivity index (χ0n) is 11.7. The maximum atomic E-state index is 14.2. The van der Waals surface area contributed by atoms with Crippen LogP contribution in [0.25, 0.3) is 0 Å². The number of hydrogen-bond acceptors (Lipinski definition) is 3. The third-order valence-corrected chi connectivity index (χ3v) is 4.28. The Morgan fingerprint density at radius 3 is 2.63 bits per heavy atom. The molecule has 1 heterocycles. The number of halogens is 1. The van der Waals surface area contributed by atoms with Gasteiger partial charge in [-0.25, -0.2) is 14.4 Å². The lowest BCUT2D eigenvalue weighted by Crippen LogP contribution is -2.17. The van der Waals surface area contributed by atoms with Crippen LogP contribution >= 0.6 is 0 Å². The standard InChI is InChI=1S/C15H24FN3/c1-2-3-4-11-5-7-12(8-6-11)15-14(16)13(9-17)18-10-19-15/h10-12H,2-9,17H2,1H3. The van der Waals surface area contributed by atoms with Crippen LogP contribution in [0.2, 0.25) is 0 Å². The van der Waals surface area contributed by atoms with Crippen LogP contribution in [-0.4, -0.2) is 9.97 Å². The molecule has 0 unspecified atom stereocenters. The van der Waals surface area contributed by atoms with Crippen molar-refractivity contribution in [2.24, 2.45) is 11.7 Å². The Morgan fingerprint density at radius 2 is 2.00 bits per heavy atom. The Bertz CT molecular complexity index is 400. The monoisotopic (exact) mass is 265 g/mol. The first-order valence-electron chi connectivity index (χ1n) is 7.45. The first-order chi connectivity index (χ1) is 9.26. The molecule has 1 saturated carbocycles. The lowest BCUT2D eigenvalue weighted by atomic mass is 9.78. The molecule has 0 amide bonds. The summed E-state index contributed by atoms with van der Waals surface area (Å²) in [5.74, 6) is 0.809. The molecule has 4 heteroatoms. The van der Waals surface area contributed by atoms with Crippen molar-refractivity contribution in [2.75, 3.05) is 0 Å². The molecule has 1 fully saturated rings. The lowest BCUT2D eigenvalue weighted by Gasteiger charge is -2.28. The van der Waals surface area contributed by atoms with Gasteiger partial charge in [0, 0.05) is 12.5 Å². The summed E-state index contributed by atoms with van der Waals surface area (Å²) in [5, 5.41) is 0. The molecule has 1 aliphatic carbocycles. The van der Waals surface area contributed by atoms with E-state index in [1.807, 2.05) is 0 Å². The van der Waals surface area contributed by atoms with Gasteiger partial charge in [-0.3, -0.25) is 0 Å². The highest BCUT2D eigenvalue weighted by Crippen LogP contribution is 2.37. The maximum absolute atomic E-state index is 14.2. The van der Waals surface area contributed by atoms with Crippen LogP contribution in [-0.2, 0) is 6.54 Å². The molecule has 0 radical (unpaired) electrons. The zero-order chi connectivity index (χ0) is 13.7. The van der Waals surface area contributed by atoms with Gasteiger partial charge in [0.05, 0.1) is 11.4 Å². The predicted molar refractivity (Wildman–Crippen MR) is 74.1 cm³/mol. The molecule has 3 nitrogen and oxygen atoms in total. The second kappa shape index (κ2) is 6.94. The van der Waals surface area contributed by atoms with Crippen LogP contribution in [0.1, 0.15) is 69.2 Å². The maximum Gasteiger partial charge on any atom is 0.167 e. The van der Waals surface area contributed by atoms with E-state index in [0.29, 0.717) is 11.4 Å². The molecule has 1 aromatic heterocycles. The topological polar surface area (TPSA) is 51.8 Å². The van der Waals surface area contributed by atoms with E-state index in [1.54, 1.807) is 0 Å². The van der Waals surface area contributed by atoms with Gasteiger partial charge >= 0.3 is 0 Å². The van der Waals surface area contributed by atoms with Crippen LogP contribution in [0.3, 0.4) is 0 Å². The number of rotatable bonds is 5. The van der Waals surface area contributed by atoms with Crippen molar-refractivity contribution in [1.82, 2.24) is 9.97 Å². The first kappa shape index (κ1) is 14.4. The second-order valence-electron chi connectivity index (χ2n) is 5.58. The highest BCUT2D eigenvalue weighted by atomic mass is 19.1. The van der Waals surface area contributed by atoms with Gasteiger partial charge < -0.3 is 5.73 Å². The number of unbranched alkanes of at least 4 members (excludes halogenated alkanes) is 1. The molecule has 1 aromatic rings. The summed E-state index contributed by atoms with van der Waals surface area (Å²) in [7, 11) is 0. The van der Waals surface area contributed by atoms with Crippen molar-refractivity contribution in [3.8, 4) is 0 Å². The van der Waals surface area contributed by atoms with E-state index in [0.717, 1.165) is 18.8 Å². The van der Waals surface area contributed by atoms with Crippen molar-refractivity contribution in [3.63, 3.8) is 0 Å². The van der Waals surface area contributed by atoms with Gasteiger partial charge in [-0.15, -0.1) is 0 Å². The molecule has 2 rings (SSSR count). The minimum atomic E-state index is -0.276. The average Bonchev–Trinajstić information content (AvgIpc) is 2.46. The van der Waals surface area contributed by atoms with Gasteiger partial charge in [-0.1, -0.05) is 26.2 Å². The largest absolute Gasteiger partial charge is 0.325 e. The highest BCUT2D eigenvalue weighted by molar-refractivity contribution is 5.16. The number of nitrogens with zero attached hydrogens (tertiary/aromatic N) is 2. The third-order valence-electron chi connectivity index (χ3n) is 4.28. The van der Waals surface area contributed by atoms with Gasteiger partial charge in [0.1, 0.15) is 6.33 Å². The fourth-order valence-corrected chi connectivity index (χ4v) is 3.07. The highest BCUT2D eigenvalue weighted by Gasteiger charge is 2.26. The smallest absolute Gasteiger partial charge is 0.167 e. The van der Waals surface area contributed by atoms with Gasteiger partial charge in [0.25, 0.3) is 0 Å². The van der Waals surface area contributed by atoms with E-state index >= 15 is 0 Å². The SMILES string of the molecule is CCCCC1CCC(c2ncnc(CN)c2F)CC1. The van der Waals surface area contributed by atoms with Crippen molar-refractivity contribution in [2.45, 2.75) is 64.3 Å². The molecule has 0 atom stereocenters. The summed E-state index contributed by atoms with van der Waals surface area (Å²) < 4.78 is 14.2. The molecular formula is C15H24FN3. The van der Waals surface area contributed by atoms with Gasteiger partial charge in [0.15, 0.2) is 5.82 Å². The Kier molecular flexibility index (Phi) is 5.25. The van der Waals surface area contributed by atoms with E-state index in [1.165, 1.54) is 38.4 Å². The van der Waals surface area contributed by atoms with Crippen LogP contribution in [0.4, 0.5) is 4.39 Å². The van der Waals surface area contributed by atoms with Gasteiger partial charge in [0.2, 0.25) is 0 Å². The fourth-order valence-electron chi connectivity index (χ4n) is 3.07.